The molecule has 23 heavy (non-hydrogen) atoms. The van der Waals surface area contributed by atoms with Crippen LogP contribution in [0.5, 0.6) is 11.5 Å². The van der Waals surface area contributed by atoms with Crippen molar-refractivity contribution < 1.29 is 14.3 Å². The molecule has 0 saturated carbocycles. The molecule has 0 saturated heterocycles. The smallest absolute Gasteiger partial charge is 0.277 e. The first-order valence-corrected chi connectivity index (χ1v) is 7.74. The van der Waals surface area contributed by atoms with Crippen molar-refractivity contribution in [3.8, 4) is 11.5 Å². The Morgan fingerprint density at radius 3 is 2.96 bits per heavy atom. The molecule has 0 fully saturated rings. The second-order valence-corrected chi connectivity index (χ2v) is 5.58. The van der Waals surface area contributed by atoms with E-state index in [4.69, 9.17) is 9.47 Å². The Morgan fingerprint density at radius 2 is 2.22 bits per heavy atom. The molecule has 5 heteroatoms. The minimum Gasteiger partial charge on any atom is -0.497 e. The summed E-state index contributed by atoms with van der Waals surface area (Å²) in [7, 11) is 1.60. The Bertz CT molecular complexity index is 730. The van der Waals surface area contributed by atoms with E-state index in [1.54, 1.807) is 18.2 Å². The second kappa shape index (κ2) is 6.28. The fourth-order valence-corrected chi connectivity index (χ4v) is 2.69. The van der Waals surface area contributed by atoms with Crippen LogP contribution in [0.3, 0.4) is 0 Å². The number of ether oxygens (including phenoxy) is 2. The second-order valence-electron chi connectivity index (χ2n) is 5.58. The van der Waals surface area contributed by atoms with Crippen LogP contribution in [0.1, 0.15) is 29.9 Å². The maximum absolute atomic E-state index is 12.9. The molecule has 5 nitrogen and oxygen atoms in total. The lowest BCUT2D eigenvalue weighted by atomic mass is 10.1. The molecular formula is C18H20N2O3. The van der Waals surface area contributed by atoms with Gasteiger partial charge >= 0.3 is 0 Å². The van der Waals surface area contributed by atoms with Crippen LogP contribution in [-0.4, -0.2) is 30.6 Å². The molecule has 2 aromatic rings. The number of nitrogens with zero attached hydrogens (tertiary/aromatic N) is 2. The van der Waals surface area contributed by atoms with Crippen LogP contribution < -0.4 is 14.4 Å². The van der Waals surface area contributed by atoms with Crippen LogP contribution in [0.15, 0.2) is 36.5 Å². The van der Waals surface area contributed by atoms with Crippen molar-refractivity contribution in [1.29, 1.82) is 0 Å². The highest BCUT2D eigenvalue weighted by atomic mass is 16.5. The van der Waals surface area contributed by atoms with Gasteiger partial charge in [-0.3, -0.25) is 14.7 Å². The first-order valence-electron chi connectivity index (χ1n) is 7.74. The van der Waals surface area contributed by atoms with E-state index in [-0.39, 0.29) is 12.0 Å². The molecule has 1 unspecified atom stereocenters. The number of aryl methyl sites for hydroxylation is 1. The molecule has 120 valence electrons. The maximum atomic E-state index is 12.9. The van der Waals surface area contributed by atoms with Crippen LogP contribution in [0.2, 0.25) is 0 Å². The third kappa shape index (κ3) is 2.99. The van der Waals surface area contributed by atoms with Crippen molar-refractivity contribution in [2.24, 2.45) is 0 Å². The largest absolute Gasteiger partial charge is 0.497 e. The molecular weight excluding hydrogens is 292 g/mol. The monoisotopic (exact) mass is 312 g/mol. The highest BCUT2D eigenvalue weighted by molar-refractivity contribution is 6.06. The quantitative estimate of drug-likeness (QED) is 0.874. The van der Waals surface area contributed by atoms with Crippen LogP contribution in [-0.2, 0) is 6.42 Å². The number of fused-ring (bicyclic) bond motifs is 1. The number of carbonyl (C=O) groups is 1. The first-order chi connectivity index (χ1) is 11.1. The number of carbonyl (C=O) groups excluding carboxylic acids is 1. The van der Waals surface area contributed by atoms with Crippen molar-refractivity contribution in [2.45, 2.75) is 26.4 Å². The van der Waals surface area contributed by atoms with E-state index in [1.165, 1.54) is 0 Å². The molecule has 0 bridgehead atoms. The summed E-state index contributed by atoms with van der Waals surface area (Å²) in [5, 5.41) is 0. The molecule has 0 spiro atoms. The van der Waals surface area contributed by atoms with E-state index < -0.39 is 0 Å². The lowest BCUT2D eigenvalue weighted by Crippen LogP contribution is -2.42. The van der Waals surface area contributed by atoms with E-state index in [2.05, 4.69) is 11.9 Å². The Labute approximate surface area is 135 Å². The van der Waals surface area contributed by atoms with Gasteiger partial charge in [-0.25, -0.2) is 0 Å². The summed E-state index contributed by atoms with van der Waals surface area (Å²) in [5.74, 6) is 1.25. The van der Waals surface area contributed by atoms with Crippen molar-refractivity contribution in [2.75, 3.05) is 18.6 Å². The number of amides is 1. The van der Waals surface area contributed by atoms with Crippen molar-refractivity contribution in [3.05, 3.63) is 47.8 Å². The molecule has 3 rings (SSSR count). The normalized spacial score (nSPS) is 16.5. The van der Waals surface area contributed by atoms with Gasteiger partial charge in [-0.05, 0) is 43.2 Å². The van der Waals surface area contributed by atoms with E-state index in [1.807, 2.05) is 37.3 Å². The number of benzene rings is 1. The molecule has 1 atom stereocenters. The molecule has 0 N–H and O–H groups in total. The summed E-state index contributed by atoms with van der Waals surface area (Å²) < 4.78 is 11.1. The third-order valence-electron chi connectivity index (χ3n) is 3.92. The number of hydrogen-bond donors (Lipinski definition) is 0. The highest BCUT2D eigenvalue weighted by Crippen LogP contribution is 2.37. The topological polar surface area (TPSA) is 51.7 Å². The van der Waals surface area contributed by atoms with Crippen LogP contribution in [0, 0.1) is 0 Å². The Balaban J connectivity index is 2.00. The fourth-order valence-electron chi connectivity index (χ4n) is 2.69. The molecule has 1 amide bonds. The summed E-state index contributed by atoms with van der Waals surface area (Å²) in [6.07, 6.45) is 2.48. The molecule has 0 radical (unpaired) electrons. The zero-order valence-electron chi connectivity index (χ0n) is 13.6. The molecule has 1 aromatic carbocycles. The van der Waals surface area contributed by atoms with Crippen LogP contribution in [0.25, 0.3) is 0 Å². The molecule has 1 aliphatic heterocycles. The number of rotatable bonds is 3. The Hall–Kier alpha value is -2.56. The van der Waals surface area contributed by atoms with Crippen molar-refractivity contribution >= 4 is 11.6 Å². The number of aromatic nitrogens is 1. The van der Waals surface area contributed by atoms with Gasteiger partial charge in [0.2, 0.25) is 0 Å². The Morgan fingerprint density at radius 1 is 1.39 bits per heavy atom. The molecule has 1 aliphatic rings. The predicted octanol–water partition coefficient (Wildman–Crippen LogP) is 3.08. The number of pyridine rings is 1. The Kier molecular flexibility index (Phi) is 4.19. The molecule has 0 aliphatic carbocycles. The summed E-state index contributed by atoms with van der Waals surface area (Å²) in [4.78, 5) is 18.9. The number of anilines is 1. The first kappa shape index (κ1) is 15.3. The zero-order valence-corrected chi connectivity index (χ0v) is 13.6. The van der Waals surface area contributed by atoms with E-state index in [0.717, 1.165) is 17.7 Å². The molecule has 1 aromatic heterocycles. The maximum Gasteiger partial charge on any atom is 0.277 e. The number of hydrogen-bond acceptors (Lipinski definition) is 4. The van der Waals surface area contributed by atoms with E-state index in [0.29, 0.717) is 23.7 Å². The van der Waals surface area contributed by atoms with Crippen molar-refractivity contribution in [3.63, 3.8) is 0 Å². The van der Waals surface area contributed by atoms with E-state index in [9.17, 15) is 4.79 Å². The van der Waals surface area contributed by atoms with Gasteiger partial charge in [0.05, 0.1) is 19.3 Å². The third-order valence-corrected chi connectivity index (χ3v) is 3.92. The lowest BCUT2D eigenvalue weighted by Gasteiger charge is -2.33. The number of methoxy groups -OCH3 is 1. The average molecular weight is 312 g/mol. The van der Waals surface area contributed by atoms with E-state index >= 15 is 0 Å². The van der Waals surface area contributed by atoms with Gasteiger partial charge in [-0.15, -0.1) is 0 Å². The standard InChI is InChI=1S/C18H20N2O3/c1-4-13-7-8-19-15(9-13)18(21)20-11-12(2)23-17-6-5-14(22-3)10-16(17)20/h5-10,12H,4,11H2,1-3H3. The molecule has 2 heterocycles. The average Bonchev–Trinajstić information content (AvgIpc) is 2.60. The minimum atomic E-state index is -0.120. The van der Waals surface area contributed by atoms with Gasteiger partial charge in [-0.2, -0.15) is 0 Å². The lowest BCUT2D eigenvalue weighted by molar-refractivity contribution is 0.0956. The fraction of sp³-hybridized carbons (Fsp3) is 0.333. The zero-order chi connectivity index (χ0) is 16.4. The van der Waals surface area contributed by atoms with Crippen molar-refractivity contribution in [1.82, 2.24) is 4.98 Å². The SMILES string of the molecule is CCc1ccnc(C(=O)N2CC(C)Oc3ccc(OC)cc32)c1. The van der Waals surface area contributed by atoms with Gasteiger partial charge in [0, 0.05) is 12.3 Å². The summed E-state index contributed by atoms with van der Waals surface area (Å²) in [6, 6.07) is 9.26. The van der Waals surface area contributed by atoms with Gasteiger partial charge < -0.3 is 9.47 Å². The van der Waals surface area contributed by atoms with Gasteiger partial charge in [-0.1, -0.05) is 6.92 Å². The summed E-state index contributed by atoms with van der Waals surface area (Å²) in [5.41, 5.74) is 2.26. The van der Waals surface area contributed by atoms with Crippen LogP contribution >= 0.6 is 0 Å². The van der Waals surface area contributed by atoms with Crippen LogP contribution in [0.4, 0.5) is 5.69 Å². The van der Waals surface area contributed by atoms with Gasteiger partial charge in [0.1, 0.15) is 23.3 Å². The minimum absolute atomic E-state index is 0.0748. The highest BCUT2D eigenvalue weighted by Gasteiger charge is 2.29. The van der Waals surface area contributed by atoms with Gasteiger partial charge in [0.25, 0.3) is 5.91 Å². The summed E-state index contributed by atoms with van der Waals surface area (Å²) in [6.45, 7) is 4.49. The van der Waals surface area contributed by atoms with Gasteiger partial charge in [0.15, 0.2) is 0 Å². The predicted molar refractivity (Wildman–Crippen MR) is 88.4 cm³/mol. The summed E-state index contributed by atoms with van der Waals surface area (Å²) >= 11 is 0.